The number of aliphatic hydroxyl groups is 1. The first kappa shape index (κ1) is 15.4. The van der Waals surface area contributed by atoms with Crippen molar-refractivity contribution in [1.29, 1.82) is 0 Å². The standard InChI is InChI=1S/C10H18F3NO2/c1-3-9(2,8-16)6-14(4-5-15)7-10(11,12)13/h8,15H,3-7H2,1-2H3. The van der Waals surface area contributed by atoms with Crippen molar-refractivity contribution in [3.8, 4) is 0 Å². The average molecular weight is 241 g/mol. The number of aliphatic hydroxyl groups excluding tert-OH is 1. The Labute approximate surface area is 93.2 Å². The summed E-state index contributed by atoms with van der Waals surface area (Å²) >= 11 is 0. The molecular formula is C10H18F3NO2. The van der Waals surface area contributed by atoms with Gasteiger partial charge in [-0.1, -0.05) is 13.8 Å². The SMILES string of the molecule is CCC(C)(C=O)CN(CCO)CC(F)(F)F. The molecule has 0 aliphatic heterocycles. The highest BCUT2D eigenvalue weighted by atomic mass is 19.4. The molecule has 96 valence electrons. The summed E-state index contributed by atoms with van der Waals surface area (Å²) in [5.41, 5.74) is -0.791. The van der Waals surface area contributed by atoms with E-state index in [-0.39, 0.29) is 19.7 Å². The summed E-state index contributed by atoms with van der Waals surface area (Å²) in [5.74, 6) is 0. The van der Waals surface area contributed by atoms with Crippen molar-refractivity contribution in [1.82, 2.24) is 4.90 Å². The topological polar surface area (TPSA) is 40.5 Å². The molecule has 0 amide bonds. The van der Waals surface area contributed by atoms with E-state index < -0.39 is 18.1 Å². The Morgan fingerprint density at radius 1 is 1.31 bits per heavy atom. The molecule has 0 aliphatic carbocycles. The van der Waals surface area contributed by atoms with Gasteiger partial charge < -0.3 is 9.90 Å². The lowest BCUT2D eigenvalue weighted by molar-refractivity contribution is -0.151. The van der Waals surface area contributed by atoms with Gasteiger partial charge in [-0.3, -0.25) is 4.90 Å². The molecule has 0 spiro atoms. The first-order chi connectivity index (χ1) is 7.26. The van der Waals surface area contributed by atoms with Crippen LogP contribution in [0.25, 0.3) is 0 Å². The summed E-state index contributed by atoms with van der Waals surface area (Å²) in [6.45, 7) is 1.83. The Morgan fingerprint density at radius 2 is 1.88 bits per heavy atom. The van der Waals surface area contributed by atoms with Crippen LogP contribution in [0, 0.1) is 5.41 Å². The highest BCUT2D eigenvalue weighted by Crippen LogP contribution is 2.22. The van der Waals surface area contributed by atoms with E-state index in [0.717, 1.165) is 4.90 Å². The fourth-order valence-corrected chi connectivity index (χ4v) is 1.35. The zero-order chi connectivity index (χ0) is 12.8. The monoisotopic (exact) mass is 241 g/mol. The van der Waals surface area contributed by atoms with Crippen molar-refractivity contribution in [2.45, 2.75) is 26.4 Å². The van der Waals surface area contributed by atoms with Crippen LogP contribution in [0.15, 0.2) is 0 Å². The number of hydrogen-bond donors (Lipinski definition) is 1. The molecule has 0 bridgehead atoms. The molecule has 0 rings (SSSR count). The highest BCUT2D eigenvalue weighted by molar-refractivity contribution is 5.58. The lowest BCUT2D eigenvalue weighted by Gasteiger charge is -2.30. The molecule has 0 heterocycles. The predicted molar refractivity (Wildman–Crippen MR) is 54.0 cm³/mol. The maximum absolute atomic E-state index is 12.2. The van der Waals surface area contributed by atoms with Gasteiger partial charge in [0.2, 0.25) is 0 Å². The quantitative estimate of drug-likeness (QED) is 0.686. The summed E-state index contributed by atoms with van der Waals surface area (Å²) in [5, 5.41) is 8.68. The van der Waals surface area contributed by atoms with Crippen molar-refractivity contribution in [2.24, 2.45) is 5.41 Å². The Hall–Kier alpha value is -0.620. The van der Waals surface area contributed by atoms with Crippen LogP contribution in [0.2, 0.25) is 0 Å². The third-order valence-corrected chi connectivity index (χ3v) is 2.50. The minimum Gasteiger partial charge on any atom is -0.395 e. The van der Waals surface area contributed by atoms with Crippen molar-refractivity contribution in [2.75, 3.05) is 26.2 Å². The van der Waals surface area contributed by atoms with Crippen LogP contribution in [-0.2, 0) is 4.79 Å². The highest BCUT2D eigenvalue weighted by Gasteiger charge is 2.33. The van der Waals surface area contributed by atoms with E-state index in [9.17, 15) is 18.0 Å². The molecule has 0 fully saturated rings. The van der Waals surface area contributed by atoms with Crippen LogP contribution in [0.3, 0.4) is 0 Å². The molecule has 3 nitrogen and oxygen atoms in total. The van der Waals surface area contributed by atoms with Crippen molar-refractivity contribution < 1.29 is 23.1 Å². The van der Waals surface area contributed by atoms with Crippen molar-refractivity contribution >= 4 is 6.29 Å². The van der Waals surface area contributed by atoms with E-state index in [1.54, 1.807) is 13.8 Å². The zero-order valence-corrected chi connectivity index (χ0v) is 9.55. The molecule has 1 unspecified atom stereocenters. The second kappa shape index (κ2) is 6.20. The summed E-state index contributed by atoms with van der Waals surface area (Å²) in [4.78, 5) is 11.8. The van der Waals surface area contributed by atoms with Crippen LogP contribution >= 0.6 is 0 Å². The normalized spacial score (nSPS) is 16.2. The molecule has 1 atom stereocenters. The van der Waals surface area contributed by atoms with E-state index in [0.29, 0.717) is 12.7 Å². The van der Waals surface area contributed by atoms with Crippen LogP contribution in [0.4, 0.5) is 13.2 Å². The number of carbonyl (C=O) groups excluding carboxylic acids is 1. The number of halogens is 3. The molecule has 1 N–H and O–H groups in total. The Balaban J connectivity index is 4.49. The molecular weight excluding hydrogens is 223 g/mol. The van der Waals surface area contributed by atoms with Gasteiger partial charge >= 0.3 is 6.18 Å². The molecule has 0 saturated heterocycles. The number of nitrogens with zero attached hydrogens (tertiary/aromatic N) is 1. The minimum atomic E-state index is -4.31. The summed E-state index contributed by atoms with van der Waals surface area (Å²) in [7, 11) is 0. The Morgan fingerprint density at radius 3 is 2.19 bits per heavy atom. The smallest absolute Gasteiger partial charge is 0.395 e. The third-order valence-electron chi connectivity index (χ3n) is 2.50. The predicted octanol–water partition coefficient (Wildman–Crippen LogP) is 1.46. The lowest BCUT2D eigenvalue weighted by atomic mass is 9.89. The molecule has 0 aromatic rings. The molecule has 0 saturated carbocycles. The number of rotatable bonds is 7. The van der Waals surface area contributed by atoms with Crippen LogP contribution in [-0.4, -0.2) is 48.7 Å². The molecule has 6 heteroatoms. The number of hydrogen-bond acceptors (Lipinski definition) is 3. The Kier molecular flexibility index (Phi) is 5.96. The molecule has 0 aromatic heterocycles. The number of carbonyl (C=O) groups is 1. The van der Waals surface area contributed by atoms with Crippen molar-refractivity contribution in [3.63, 3.8) is 0 Å². The fourth-order valence-electron chi connectivity index (χ4n) is 1.35. The van der Waals surface area contributed by atoms with Gasteiger partial charge in [-0.05, 0) is 6.42 Å². The summed E-state index contributed by atoms with van der Waals surface area (Å²) in [6.07, 6.45) is -3.17. The largest absolute Gasteiger partial charge is 0.401 e. The maximum Gasteiger partial charge on any atom is 0.401 e. The maximum atomic E-state index is 12.2. The first-order valence-electron chi connectivity index (χ1n) is 5.12. The third kappa shape index (κ3) is 6.07. The van der Waals surface area contributed by atoms with E-state index in [4.69, 9.17) is 5.11 Å². The molecule has 0 aliphatic rings. The van der Waals surface area contributed by atoms with Gasteiger partial charge in [-0.25, -0.2) is 0 Å². The second-order valence-corrected chi connectivity index (χ2v) is 4.17. The summed E-state index contributed by atoms with van der Waals surface area (Å²) < 4.78 is 36.6. The van der Waals surface area contributed by atoms with Gasteiger partial charge in [0.05, 0.1) is 13.2 Å². The molecule has 16 heavy (non-hydrogen) atoms. The second-order valence-electron chi connectivity index (χ2n) is 4.17. The van der Waals surface area contributed by atoms with Gasteiger partial charge in [0.1, 0.15) is 6.29 Å². The zero-order valence-electron chi connectivity index (χ0n) is 9.55. The van der Waals surface area contributed by atoms with E-state index in [2.05, 4.69) is 0 Å². The van der Waals surface area contributed by atoms with Gasteiger partial charge in [0.15, 0.2) is 0 Å². The van der Waals surface area contributed by atoms with E-state index in [1.165, 1.54) is 0 Å². The average Bonchev–Trinajstić information content (AvgIpc) is 2.15. The molecule has 0 aromatic carbocycles. The van der Waals surface area contributed by atoms with Crippen LogP contribution in [0.1, 0.15) is 20.3 Å². The first-order valence-corrected chi connectivity index (χ1v) is 5.12. The van der Waals surface area contributed by atoms with Gasteiger partial charge in [0, 0.05) is 18.5 Å². The number of aldehydes is 1. The van der Waals surface area contributed by atoms with Crippen molar-refractivity contribution in [3.05, 3.63) is 0 Å². The minimum absolute atomic E-state index is 0.00701. The van der Waals surface area contributed by atoms with E-state index >= 15 is 0 Å². The van der Waals surface area contributed by atoms with Gasteiger partial charge in [0.25, 0.3) is 0 Å². The van der Waals surface area contributed by atoms with Gasteiger partial charge in [-0.15, -0.1) is 0 Å². The van der Waals surface area contributed by atoms with E-state index in [1.807, 2.05) is 0 Å². The van der Waals surface area contributed by atoms with Gasteiger partial charge in [-0.2, -0.15) is 13.2 Å². The van der Waals surface area contributed by atoms with Crippen LogP contribution < -0.4 is 0 Å². The summed E-state index contributed by atoms with van der Waals surface area (Å²) in [6, 6.07) is 0. The lowest BCUT2D eigenvalue weighted by Crippen LogP contribution is -2.43. The fraction of sp³-hybridized carbons (Fsp3) is 0.900. The number of alkyl halides is 3. The molecule has 0 radical (unpaired) electrons. The Bertz CT molecular complexity index is 221. The van der Waals surface area contributed by atoms with Crippen LogP contribution in [0.5, 0.6) is 0 Å².